The van der Waals surface area contributed by atoms with Gasteiger partial charge >= 0.3 is 0 Å². The molecule has 0 bridgehead atoms. The SMILES string of the molecule is Cc1noc(C)c1CCC(=O)NCCNc1cc(N2CCCC2)cnn1. The molecule has 0 aliphatic carbocycles. The van der Waals surface area contributed by atoms with Gasteiger partial charge in [-0.05, 0) is 33.1 Å². The lowest BCUT2D eigenvalue weighted by atomic mass is 10.1. The zero-order chi connectivity index (χ0) is 18.4. The smallest absolute Gasteiger partial charge is 0.220 e. The zero-order valence-electron chi connectivity index (χ0n) is 15.4. The van der Waals surface area contributed by atoms with E-state index in [2.05, 4.69) is 30.9 Å². The summed E-state index contributed by atoms with van der Waals surface area (Å²) in [4.78, 5) is 14.3. The third kappa shape index (κ3) is 4.71. The molecule has 0 aromatic carbocycles. The first-order chi connectivity index (χ1) is 12.6. The molecule has 8 nitrogen and oxygen atoms in total. The van der Waals surface area contributed by atoms with Crippen molar-refractivity contribution in [3.8, 4) is 0 Å². The summed E-state index contributed by atoms with van der Waals surface area (Å²) in [5.41, 5.74) is 2.98. The highest BCUT2D eigenvalue weighted by Crippen LogP contribution is 2.20. The van der Waals surface area contributed by atoms with Gasteiger partial charge < -0.3 is 20.1 Å². The van der Waals surface area contributed by atoms with E-state index < -0.39 is 0 Å². The van der Waals surface area contributed by atoms with E-state index in [4.69, 9.17) is 4.52 Å². The Kier molecular flexibility index (Phi) is 6.04. The van der Waals surface area contributed by atoms with Crippen LogP contribution in [0.4, 0.5) is 11.5 Å². The van der Waals surface area contributed by atoms with Crippen LogP contribution in [0.2, 0.25) is 0 Å². The second-order valence-electron chi connectivity index (χ2n) is 6.57. The van der Waals surface area contributed by atoms with Crippen LogP contribution < -0.4 is 15.5 Å². The number of nitrogens with zero attached hydrogens (tertiary/aromatic N) is 4. The largest absolute Gasteiger partial charge is 0.370 e. The van der Waals surface area contributed by atoms with Crippen molar-refractivity contribution in [1.82, 2.24) is 20.7 Å². The molecule has 0 radical (unpaired) electrons. The second-order valence-corrected chi connectivity index (χ2v) is 6.57. The first-order valence-corrected chi connectivity index (χ1v) is 9.13. The lowest BCUT2D eigenvalue weighted by Crippen LogP contribution is -2.29. The molecule has 2 aromatic heterocycles. The van der Waals surface area contributed by atoms with Crippen molar-refractivity contribution in [3.63, 3.8) is 0 Å². The Morgan fingerprint density at radius 3 is 2.81 bits per heavy atom. The van der Waals surface area contributed by atoms with Crippen molar-refractivity contribution in [2.75, 3.05) is 36.4 Å². The quantitative estimate of drug-likeness (QED) is 0.695. The van der Waals surface area contributed by atoms with Crippen molar-refractivity contribution in [1.29, 1.82) is 0 Å². The predicted molar refractivity (Wildman–Crippen MR) is 99.3 cm³/mol. The van der Waals surface area contributed by atoms with E-state index in [0.29, 0.717) is 25.9 Å². The number of aromatic nitrogens is 3. The molecule has 1 fully saturated rings. The monoisotopic (exact) mass is 358 g/mol. The van der Waals surface area contributed by atoms with E-state index in [9.17, 15) is 4.79 Å². The van der Waals surface area contributed by atoms with Gasteiger partial charge in [-0.25, -0.2) is 0 Å². The highest BCUT2D eigenvalue weighted by Gasteiger charge is 2.13. The molecule has 1 aliphatic rings. The van der Waals surface area contributed by atoms with E-state index in [0.717, 1.165) is 41.6 Å². The number of rotatable bonds is 8. The number of aryl methyl sites for hydroxylation is 2. The summed E-state index contributed by atoms with van der Waals surface area (Å²) >= 11 is 0. The highest BCUT2D eigenvalue weighted by atomic mass is 16.5. The van der Waals surface area contributed by atoms with Gasteiger partial charge in [-0.3, -0.25) is 4.79 Å². The number of nitrogens with one attached hydrogen (secondary N) is 2. The molecule has 8 heteroatoms. The predicted octanol–water partition coefficient (Wildman–Crippen LogP) is 1.84. The van der Waals surface area contributed by atoms with Crippen molar-refractivity contribution in [2.45, 2.75) is 39.5 Å². The van der Waals surface area contributed by atoms with E-state index in [-0.39, 0.29) is 5.91 Å². The fourth-order valence-electron chi connectivity index (χ4n) is 3.17. The van der Waals surface area contributed by atoms with Crippen LogP contribution in [0.3, 0.4) is 0 Å². The molecule has 140 valence electrons. The van der Waals surface area contributed by atoms with E-state index >= 15 is 0 Å². The van der Waals surface area contributed by atoms with Crippen LogP contribution in [0.15, 0.2) is 16.8 Å². The lowest BCUT2D eigenvalue weighted by molar-refractivity contribution is -0.120. The standard InChI is InChI=1S/C18H26N6O2/c1-13-16(14(2)26-23-13)5-6-18(25)20-8-7-19-17-11-15(12-21-22-17)24-9-3-4-10-24/h11-12H,3-10H2,1-2H3,(H,19,22)(H,20,25). The Bertz CT molecular complexity index is 720. The lowest BCUT2D eigenvalue weighted by Gasteiger charge is -2.17. The van der Waals surface area contributed by atoms with Crippen LogP contribution >= 0.6 is 0 Å². The average molecular weight is 358 g/mol. The van der Waals surface area contributed by atoms with Crippen LogP contribution in [0.5, 0.6) is 0 Å². The third-order valence-electron chi connectivity index (χ3n) is 4.65. The van der Waals surface area contributed by atoms with Gasteiger partial charge in [0.15, 0.2) is 5.82 Å². The molecule has 0 atom stereocenters. The molecule has 2 N–H and O–H groups in total. The number of hydrogen-bond donors (Lipinski definition) is 2. The van der Waals surface area contributed by atoms with E-state index in [1.54, 1.807) is 6.20 Å². The Hall–Kier alpha value is -2.64. The van der Waals surface area contributed by atoms with Gasteiger partial charge in [-0.1, -0.05) is 5.16 Å². The molecule has 2 aromatic rings. The van der Waals surface area contributed by atoms with Crippen LogP contribution in [0.25, 0.3) is 0 Å². The Balaban J connectivity index is 1.37. The zero-order valence-corrected chi connectivity index (χ0v) is 15.4. The first-order valence-electron chi connectivity index (χ1n) is 9.13. The molecule has 0 spiro atoms. The molecule has 0 unspecified atom stereocenters. The maximum Gasteiger partial charge on any atom is 0.220 e. The van der Waals surface area contributed by atoms with Gasteiger partial charge in [-0.15, -0.1) is 5.10 Å². The fourth-order valence-corrected chi connectivity index (χ4v) is 3.17. The number of anilines is 2. The van der Waals surface area contributed by atoms with Crippen molar-refractivity contribution < 1.29 is 9.32 Å². The maximum absolute atomic E-state index is 12.0. The summed E-state index contributed by atoms with van der Waals surface area (Å²) in [6.45, 7) is 7.06. The van der Waals surface area contributed by atoms with Crippen LogP contribution in [-0.4, -0.2) is 47.4 Å². The fraction of sp³-hybridized carbons (Fsp3) is 0.556. The summed E-state index contributed by atoms with van der Waals surface area (Å²) in [5, 5.41) is 18.2. The van der Waals surface area contributed by atoms with Gasteiger partial charge in [0.1, 0.15) is 5.76 Å². The van der Waals surface area contributed by atoms with Gasteiger partial charge in [0.2, 0.25) is 5.91 Å². The van der Waals surface area contributed by atoms with Gasteiger partial charge in [0, 0.05) is 44.2 Å². The van der Waals surface area contributed by atoms with Gasteiger partial charge in [0.05, 0.1) is 17.6 Å². The first kappa shape index (κ1) is 18.2. The summed E-state index contributed by atoms with van der Waals surface area (Å²) in [7, 11) is 0. The summed E-state index contributed by atoms with van der Waals surface area (Å²) in [5.74, 6) is 1.54. The van der Waals surface area contributed by atoms with Crippen molar-refractivity contribution >= 4 is 17.4 Å². The molecule has 1 saturated heterocycles. The number of amides is 1. The van der Waals surface area contributed by atoms with Crippen molar-refractivity contribution in [2.24, 2.45) is 0 Å². The van der Waals surface area contributed by atoms with Crippen molar-refractivity contribution in [3.05, 3.63) is 29.3 Å². The molecule has 0 saturated carbocycles. The normalized spacial score (nSPS) is 13.8. The minimum Gasteiger partial charge on any atom is -0.370 e. The molecule has 1 aliphatic heterocycles. The van der Waals surface area contributed by atoms with Crippen LogP contribution in [-0.2, 0) is 11.2 Å². The number of carbonyl (C=O) groups is 1. The van der Waals surface area contributed by atoms with E-state index in [1.165, 1.54) is 12.8 Å². The molecular weight excluding hydrogens is 332 g/mol. The Labute approximate surface area is 153 Å². The molecule has 26 heavy (non-hydrogen) atoms. The minimum absolute atomic E-state index is 0.0173. The Morgan fingerprint density at radius 1 is 1.27 bits per heavy atom. The molecule has 1 amide bonds. The summed E-state index contributed by atoms with van der Waals surface area (Å²) in [6, 6.07) is 2.01. The number of carbonyl (C=O) groups excluding carboxylic acids is 1. The minimum atomic E-state index is 0.0173. The summed E-state index contributed by atoms with van der Waals surface area (Å²) < 4.78 is 5.11. The average Bonchev–Trinajstić information content (AvgIpc) is 3.28. The Morgan fingerprint density at radius 2 is 2.08 bits per heavy atom. The molecule has 3 rings (SSSR count). The summed E-state index contributed by atoms with van der Waals surface area (Å²) in [6.07, 6.45) is 5.32. The second kappa shape index (κ2) is 8.64. The third-order valence-corrected chi connectivity index (χ3v) is 4.65. The molecule has 3 heterocycles. The topological polar surface area (TPSA) is 96.2 Å². The number of hydrogen-bond acceptors (Lipinski definition) is 7. The highest BCUT2D eigenvalue weighted by molar-refractivity contribution is 5.76. The molecular formula is C18H26N6O2. The van der Waals surface area contributed by atoms with Gasteiger partial charge in [0.25, 0.3) is 0 Å². The van der Waals surface area contributed by atoms with E-state index in [1.807, 2.05) is 19.9 Å². The van der Waals surface area contributed by atoms with Crippen LogP contribution in [0, 0.1) is 13.8 Å². The van der Waals surface area contributed by atoms with Crippen LogP contribution in [0.1, 0.15) is 36.3 Å². The van der Waals surface area contributed by atoms with Gasteiger partial charge in [-0.2, -0.15) is 5.10 Å². The maximum atomic E-state index is 12.0.